The number of imidazole rings is 1. The molecule has 0 amide bonds. The smallest absolute Gasteiger partial charge is 0.138 e. The molecular formula is C15H20N4. The van der Waals surface area contributed by atoms with Crippen LogP contribution in [0.15, 0.2) is 24.7 Å². The number of nitrogens with two attached hydrogens (primary N) is 1. The van der Waals surface area contributed by atoms with Crippen molar-refractivity contribution in [3.05, 3.63) is 41.6 Å². The molecule has 4 nitrogen and oxygen atoms in total. The Morgan fingerprint density at radius 2 is 2.11 bits per heavy atom. The van der Waals surface area contributed by atoms with Gasteiger partial charge in [-0.05, 0) is 50.7 Å². The van der Waals surface area contributed by atoms with Gasteiger partial charge in [0.15, 0.2) is 0 Å². The summed E-state index contributed by atoms with van der Waals surface area (Å²) in [7, 11) is 0. The summed E-state index contributed by atoms with van der Waals surface area (Å²) in [6.07, 6.45) is 9.42. The molecule has 4 heteroatoms. The number of nitrogens with zero attached hydrogens (tertiary/aromatic N) is 3. The zero-order valence-electron chi connectivity index (χ0n) is 11.3. The second-order valence-electron chi connectivity index (χ2n) is 5.42. The molecule has 2 N–H and O–H groups in total. The van der Waals surface area contributed by atoms with Crippen LogP contribution in [0.3, 0.4) is 0 Å². The summed E-state index contributed by atoms with van der Waals surface area (Å²) in [5.41, 5.74) is 9.57. The predicted octanol–water partition coefficient (Wildman–Crippen LogP) is 2.04. The lowest BCUT2D eigenvalue weighted by molar-refractivity contribution is 0.654. The number of fused-ring (bicyclic) bond motifs is 1. The van der Waals surface area contributed by atoms with Crippen LogP contribution in [0.1, 0.15) is 36.7 Å². The van der Waals surface area contributed by atoms with Gasteiger partial charge in [0, 0.05) is 17.9 Å². The molecule has 1 unspecified atom stereocenters. The molecule has 19 heavy (non-hydrogen) atoms. The molecule has 3 rings (SSSR count). The predicted molar refractivity (Wildman–Crippen MR) is 75.4 cm³/mol. The minimum atomic E-state index is 0.175. The lowest BCUT2D eigenvalue weighted by Gasteiger charge is -2.13. The van der Waals surface area contributed by atoms with Crippen molar-refractivity contribution in [2.24, 2.45) is 5.73 Å². The maximum Gasteiger partial charge on any atom is 0.138 e. The molecule has 100 valence electrons. The minimum Gasteiger partial charge on any atom is -0.328 e. The van der Waals surface area contributed by atoms with E-state index in [9.17, 15) is 0 Å². The average Bonchev–Trinajstić information content (AvgIpc) is 2.83. The third-order valence-corrected chi connectivity index (χ3v) is 3.64. The summed E-state index contributed by atoms with van der Waals surface area (Å²) in [6, 6.07) is 4.35. The van der Waals surface area contributed by atoms with Gasteiger partial charge < -0.3 is 5.73 Å². The normalized spacial score (nSPS) is 16.1. The number of rotatable bonds is 3. The lowest BCUT2D eigenvalue weighted by atomic mass is 10.0. The molecule has 0 radical (unpaired) electrons. The first-order valence-electron chi connectivity index (χ1n) is 7.00. The molecule has 0 fully saturated rings. The van der Waals surface area contributed by atoms with E-state index < -0.39 is 0 Å². The fourth-order valence-electron chi connectivity index (χ4n) is 2.72. The Bertz CT molecular complexity index is 554. The van der Waals surface area contributed by atoms with Crippen LogP contribution in [0, 0.1) is 0 Å². The average molecular weight is 256 g/mol. The van der Waals surface area contributed by atoms with E-state index in [0.29, 0.717) is 0 Å². The first-order chi connectivity index (χ1) is 9.24. The minimum absolute atomic E-state index is 0.175. The quantitative estimate of drug-likeness (QED) is 0.914. The van der Waals surface area contributed by atoms with E-state index in [1.165, 1.54) is 29.8 Å². The van der Waals surface area contributed by atoms with E-state index in [1.807, 2.05) is 19.4 Å². The van der Waals surface area contributed by atoms with Gasteiger partial charge in [0.1, 0.15) is 12.1 Å². The first-order valence-corrected chi connectivity index (χ1v) is 7.00. The molecule has 1 aliphatic rings. The molecule has 2 aromatic rings. The fraction of sp³-hybridized carbons (Fsp3) is 0.467. The molecule has 0 spiro atoms. The molecule has 0 saturated heterocycles. The van der Waals surface area contributed by atoms with Crippen molar-refractivity contribution < 1.29 is 0 Å². The number of aromatic nitrogens is 3. The summed E-state index contributed by atoms with van der Waals surface area (Å²) in [5.74, 6) is 0.962. The molecule has 0 aliphatic heterocycles. The highest BCUT2D eigenvalue weighted by Gasteiger charge is 2.16. The fourth-order valence-corrected chi connectivity index (χ4v) is 2.72. The van der Waals surface area contributed by atoms with E-state index >= 15 is 0 Å². The van der Waals surface area contributed by atoms with Crippen LogP contribution in [0.2, 0.25) is 0 Å². The Balaban J connectivity index is 1.88. The number of hydrogen-bond acceptors (Lipinski definition) is 3. The maximum absolute atomic E-state index is 5.81. The van der Waals surface area contributed by atoms with Crippen molar-refractivity contribution in [2.45, 2.75) is 45.1 Å². The first kappa shape index (κ1) is 12.4. The van der Waals surface area contributed by atoms with Gasteiger partial charge in [0.05, 0.1) is 5.69 Å². The molecule has 2 aromatic heterocycles. The van der Waals surface area contributed by atoms with Gasteiger partial charge in [0.2, 0.25) is 0 Å². The monoisotopic (exact) mass is 256 g/mol. The summed E-state index contributed by atoms with van der Waals surface area (Å²) in [6.45, 7) is 2.01. The summed E-state index contributed by atoms with van der Waals surface area (Å²) >= 11 is 0. The van der Waals surface area contributed by atoms with Crippen molar-refractivity contribution >= 4 is 0 Å². The molecule has 0 aromatic carbocycles. The third-order valence-electron chi connectivity index (χ3n) is 3.64. The van der Waals surface area contributed by atoms with Gasteiger partial charge in [-0.1, -0.05) is 6.07 Å². The summed E-state index contributed by atoms with van der Waals surface area (Å²) in [5, 5.41) is 0. The van der Waals surface area contributed by atoms with Gasteiger partial charge in [-0.15, -0.1) is 0 Å². The van der Waals surface area contributed by atoms with E-state index in [4.69, 9.17) is 5.73 Å². The van der Waals surface area contributed by atoms with E-state index in [2.05, 4.69) is 26.7 Å². The van der Waals surface area contributed by atoms with E-state index in [0.717, 1.165) is 25.1 Å². The number of pyridine rings is 1. The molecule has 0 bridgehead atoms. The lowest BCUT2D eigenvalue weighted by Crippen LogP contribution is -2.18. The van der Waals surface area contributed by atoms with E-state index in [-0.39, 0.29) is 6.04 Å². The van der Waals surface area contributed by atoms with Gasteiger partial charge in [-0.25, -0.2) is 9.97 Å². The third kappa shape index (κ3) is 2.54. The Labute approximate surface area is 113 Å². The Kier molecular flexibility index (Phi) is 3.34. The zero-order chi connectivity index (χ0) is 13.2. The van der Waals surface area contributed by atoms with Crippen LogP contribution in [-0.4, -0.2) is 20.6 Å². The zero-order valence-corrected chi connectivity index (χ0v) is 11.3. The topological polar surface area (TPSA) is 56.7 Å². The molecule has 0 saturated carbocycles. The van der Waals surface area contributed by atoms with Crippen LogP contribution in [0.4, 0.5) is 0 Å². The molecule has 1 aliphatic carbocycles. The van der Waals surface area contributed by atoms with Crippen molar-refractivity contribution in [2.75, 3.05) is 0 Å². The highest BCUT2D eigenvalue weighted by Crippen LogP contribution is 2.22. The number of aryl methyl sites for hydroxylation is 1. The van der Waals surface area contributed by atoms with E-state index in [1.54, 1.807) is 0 Å². The highest BCUT2D eigenvalue weighted by atomic mass is 15.1. The van der Waals surface area contributed by atoms with Crippen molar-refractivity contribution in [1.29, 1.82) is 0 Å². The van der Waals surface area contributed by atoms with Crippen molar-refractivity contribution in [3.8, 4) is 5.82 Å². The number of hydrogen-bond donors (Lipinski definition) is 1. The summed E-state index contributed by atoms with van der Waals surface area (Å²) < 4.78 is 2.13. The van der Waals surface area contributed by atoms with Crippen molar-refractivity contribution in [3.63, 3.8) is 0 Å². The van der Waals surface area contributed by atoms with Crippen LogP contribution < -0.4 is 5.73 Å². The Hall–Kier alpha value is -1.68. The second kappa shape index (κ2) is 5.13. The van der Waals surface area contributed by atoms with Crippen LogP contribution in [0.25, 0.3) is 5.82 Å². The van der Waals surface area contributed by atoms with Gasteiger partial charge >= 0.3 is 0 Å². The Morgan fingerprint density at radius 1 is 1.26 bits per heavy atom. The molecule has 2 heterocycles. The second-order valence-corrected chi connectivity index (χ2v) is 5.42. The molecular weight excluding hydrogens is 236 g/mol. The van der Waals surface area contributed by atoms with Gasteiger partial charge in [-0.2, -0.15) is 0 Å². The van der Waals surface area contributed by atoms with Crippen molar-refractivity contribution in [1.82, 2.24) is 14.5 Å². The summed E-state index contributed by atoms with van der Waals surface area (Å²) in [4.78, 5) is 9.06. The van der Waals surface area contributed by atoms with Gasteiger partial charge in [0.25, 0.3) is 0 Å². The standard InChI is InChI=1S/C15H20N4/c1-11(16)8-12-6-7-15(17-9-12)19-10-18-13-4-2-3-5-14(13)19/h6-7,9-11H,2-5,8,16H2,1H3. The molecule has 1 atom stereocenters. The van der Waals surface area contributed by atoms with Crippen LogP contribution in [0.5, 0.6) is 0 Å². The van der Waals surface area contributed by atoms with Crippen LogP contribution in [-0.2, 0) is 19.3 Å². The Morgan fingerprint density at radius 3 is 2.84 bits per heavy atom. The maximum atomic E-state index is 5.81. The largest absolute Gasteiger partial charge is 0.328 e. The van der Waals surface area contributed by atoms with Crippen LogP contribution >= 0.6 is 0 Å². The highest BCUT2D eigenvalue weighted by molar-refractivity contribution is 5.31. The SMILES string of the molecule is CC(N)Cc1ccc(-n2cnc3c2CCCC3)nc1. The van der Waals surface area contributed by atoms with Gasteiger partial charge in [-0.3, -0.25) is 4.57 Å².